The Kier molecular flexibility index (Phi) is 6.46. The number of nitrogens with zero attached hydrogens (tertiary/aromatic N) is 5. The molecule has 3 heterocycles. The highest BCUT2D eigenvalue weighted by atomic mass is 32.1. The van der Waals surface area contributed by atoms with Crippen LogP contribution in [0.3, 0.4) is 0 Å². The minimum absolute atomic E-state index is 0.0128. The third-order valence-corrected chi connectivity index (χ3v) is 6.67. The first kappa shape index (κ1) is 21.2. The molecule has 162 valence electrons. The normalized spacial score (nSPS) is 14.6. The van der Waals surface area contributed by atoms with E-state index in [9.17, 15) is 9.59 Å². The van der Waals surface area contributed by atoms with E-state index in [0.29, 0.717) is 31.6 Å². The maximum atomic E-state index is 12.9. The lowest BCUT2D eigenvalue weighted by atomic mass is 9.95. The summed E-state index contributed by atoms with van der Waals surface area (Å²) in [7, 11) is 0. The van der Waals surface area contributed by atoms with Gasteiger partial charge in [0.05, 0.1) is 11.9 Å². The Bertz CT molecular complexity index is 1030. The number of hydrogen-bond acceptors (Lipinski definition) is 5. The first-order chi connectivity index (χ1) is 15.1. The fourth-order valence-corrected chi connectivity index (χ4v) is 4.71. The average molecular weight is 438 g/mol. The van der Waals surface area contributed by atoms with E-state index < -0.39 is 0 Å². The van der Waals surface area contributed by atoms with Gasteiger partial charge in [-0.2, -0.15) is 5.10 Å². The predicted octanol–water partition coefficient (Wildman–Crippen LogP) is 3.72. The molecule has 0 bridgehead atoms. The summed E-state index contributed by atoms with van der Waals surface area (Å²) in [5.74, 6) is 0.161. The summed E-state index contributed by atoms with van der Waals surface area (Å²) in [6.45, 7) is 6.66. The van der Waals surface area contributed by atoms with Gasteiger partial charge in [0.15, 0.2) is 0 Å². The second kappa shape index (κ2) is 9.43. The van der Waals surface area contributed by atoms with Crippen molar-refractivity contribution in [2.75, 3.05) is 26.2 Å². The van der Waals surface area contributed by atoms with Crippen molar-refractivity contribution in [3.63, 3.8) is 0 Å². The molecule has 7 nitrogen and oxygen atoms in total. The maximum absolute atomic E-state index is 12.9. The second-order valence-electron chi connectivity index (χ2n) is 7.62. The number of rotatable bonds is 6. The molecule has 1 aliphatic heterocycles. The zero-order valence-corrected chi connectivity index (χ0v) is 18.7. The van der Waals surface area contributed by atoms with Crippen LogP contribution in [-0.2, 0) is 4.79 Å². The molecule has 2 aromatic heterocycles. The van der Waals surface area contributed by atoms with Gasteiger partial charge in [-0.1, -0.05) is 18.2 Å². The van der Waals surface area contributed by atoms with Crippen LogP contribution in [0.2, 0.25) is 0 Å². The Morgan fingerprint density at radius 2 is 1.84 bits per heavy atom. The van der Waals surface area contributed by atoms with Gasteiger partial charge in [-0.3, -0.25) is 9.59 Å². The van der Waals surface area contributed by atoms with Gasteiger partial charge >= 0.3 is 0 Å². The Morgan fingerprint density at radius 3 is 2.52 bits per heavy atom. The van der Waals surface area contributed by atoms with Crippen molar-refractivity contribution in [1.29, 1.82) is 0 Å². The minimum atomic E-state index is -0.0633. The van der Waals surface area contributed by atoms with Crippen molar-refractivity contribution in [2.24, 2.45) is 5.92 Å². The molecule has 0 aliphatic carbocycles. The van der Waals surface area contributed by atoms with Crippen LogP contribution in [-0.4, -0.2) is 62.6 Å². The zero-order valence-electron chi connectivity index (χ0n) is 17.9. The standard InChI is InChI=1S/C23H27N5O2S/c1-3-26(4-2)22(29)17-10-12-27(13-11-17)23(30)20-16-31-21(25-20)18-14-24-28(15-18)19-8-6-5-7-9-19/h5-9,14-17H,3-4,10-13H2,1-2H3. The minimum Gasteiger partial charge on any atom is -0.343 e. The van der Waals surface area contributed by atoms with Gasteiger partial charge < -0.3 is 9.80 Å². The predicted molar refractivity (Wildman–Crippen MR) is 121 cm³/mol. The molecule has 0 saturated carbocycles. The van der Waals surface area contributed by atoms with Gasteiger partial charge in [0.2, 0.25) is 5.91 Å². The molecule has 3 aromatic rings. The monoisotopic (exact) mass is 437 g/mol. The second-order valence-corrected chi connectivity index (χ2v) is 8.48. The molecule has 0 spiro atoms. The topological polar surface area (TPSA) is 71.3 Å². The van der Waals surface area contributed by atoms with Gasteiger partial charge in [0, 0.05) is 49.2 Å². The smallest absolute Gasteiger partial charge is 0.273 e. The van der Waals surface area contributed by atoms with E-state index in [1.807, 2.05) is 65.6 Å². The van der Waals surface area contributed by atoms with Gasteiger partial charge in [0.25, 0.3) is 5.91 Å². The lowest BCUT2D eigenvalue weighted by Gasteiger charge is -2.33. The van der Waals surface area contributed by atoms with Crippen LogP contribution in [0.1, 0.15) is 37.2 Å². The number of carbonyl (C=O) groups is 2. The number of piperidine rings is 1. The molecule has 1 fully saturated rings. The molecule has 4 rings (SSSR count). The molecule has 31 heavy (non-hydrogen) atoms. The van der Waals surface area contributed by atoms with E-state index in [1.54, 1.807) is 10.9 Å². The zero-order chi connectivity index (χ0) is 21.8. The summed E-state index contributed by atoms with van der Waals surface area (Å²) in [5, 5.41) is 7.00. The summed E-state index contributed by atoms with van der Waals surface area (Å²) in [4.78, 5) is 33.8. The van der Waals surface area contributed by atoms with Crippen molar-refractivity contribution < 1.29 is 9.59 Å². The van der Waals surface area contributed by atoms with Crippen LogP contribution in [0.25, 0.3) is 16.3 Å². The third-order valence-electron chi connectivity index (χ3n) is 5.78. The molecular formula is C23H27N5O2S. The van der Waals surface area contributed by atoms with Crippen LogP contribution in [0.4, 0.5) is 0 Å². The van der Waals surface area contributed by atoms with Gasteiger partial charge in [-0.15, -0.1) is 11.3 Å². The number of likely N-dealkylation sites (tertiary alicyclic amines) is 1. The number of para-hydroxylation sites is 1. The van der Waals surface area contributed by atoms with E-state index >= 15 is 0 Å². The number of hydrogen-bond donors (Lipinski definition) is 0. The highest BCUT2D eigenvalue weighted by molar-refractivity contribution is 7.13. The molecular weight excluding hydrogens is 410 g/mol. The lowest BCUT2D eigenvalue weighted by Crippen LogP contribution is -2.44. The number of benzene rings is 1. The number of amides is 2. The maximum Gasteiger partial charge on any atom is 0.273 e. The Hall–Kier alpha value is -3.00. The molecule has 0 unspecified atom stereocenters. The number of carbonyl (C=O) groups excluding carboxylic acids is 2. The fourth-order valence-electron chi connectivity index (χ4n) is 3.94. The largest absolute Gasteiger partial charge is 0.343 e. The number of aromatic nitrogens is 3. The van der Waals surface area contributed by atoms with E-state index in [4.69, 9.17) is 0 Å². The summed E-state index contributed by atoms with van der Waals surface area (Å²) >= 11 is 1.45. The van der Waals surface area contributed by atoms with Gasteiger partial charge in [-0.05, 0) is 38.8 Å². The fraction of sp³-hybridized carbons (Fsp3) is 0.391. The van der Waals surface area contributed by atoms with Crippen molar-refractivity contribution in [3.8, 4) is 16.3 Å². The molecule has 0 radical (unpaired) electrons. The molecule has 1 aliphatic rings. The molecule has 1 aromatic carbocycles. The van der Waals surface area contributed by atoms with Crippen molar-refractivity contribution in [2.45, 2.75) is 26.7 Å². The summed E-state index contributed by atoms with van der Waals surface area (Å²) in [6.07, 6.45) is 5.11. The molecule has 0 atom stereocenters. The summed E-state index contributed by atoms with van der Waals surface area (Å²) in [6, 6.07) is 9.88. The first-order valence-electron chi connectivity index (χ1n) is 10.7. The van der Waals surface area contributed by atoms with Crippen LogP contribution < -0.4 is 0 Å². The average Bonchev–Trinajstić information content (AvgIpc) is 3.50. The summed E-state index contributed by atoms with van der Waals surface area (Å²) < 4.78 is 1.80. The van der Waals surface area contributed by atoms with E-state index in [-0.39, 0.29) is 17.7 Å². The van der Waals surface area contributed by atoms with E-state index in [1.165, 1.54) is 11.3 Å². The molecule has 8 heteroatoms. The van der Waals surface area contributed by atoms with Gasteiger partial charge in [0.1, 0.15) is 10.7 Å². The van der Waals surface area contributed by atoms with E-state index in [0.717, 1.165) is 29.3 Å². The lowest BCUT2D eigenvalue weighted by molar-refractivity contribution is -0.136. The van der Waals surface area contributed by atoms with Gasteiger partial charge in [-0.25, -0.2) is 9.67 Å². The molecule has 1 saturated heterocycles. The van der Waals surface area contributed by atoms with Crippen molar-refractivity contribution in [3.05, 3.63) is 53.8 Å². The Balaban J connectivity index is 1.39. The SMILES string of the molecule is CCN(CC)C(=O)C1CCN(C(=O)c2csc(-c3cnn(-c4ccccc4)c3)n2)CC1. The third kappa shape index (κ3) is 4.54. The number of thiazole rings is 1. The Labute approximate surface area is 186 Å². The first-order valence-corrected chi connectivity index (χ1v) is 11.6. The van der Waals surface area contributed by atoms with Crippen molar-refractivity contribution in [1.82, 2.24) is 24.6 Å². The quantitative estimate of drug-likeness (QED) is 0.589. The van der Waals surface area contributed by atoms with Crippen LogP contribution in [0.5, 0.6) is 0 Å². The van der Waals surface area contributed by atoms with Crippen LogP contribution in [0, 0.1) is 5.92 Å². The van der Waals surface area contributed by atoms with E-state index in [2.05, 4.69) is 10.1 Å². The Morgan fingerprint density at radius 1 is 1.13 bits per heavy atom. The van der Waals surface area contributed by atoms with Crippen LogP contribution >= 0.6 is 11.3 Å². The highest BCUT2D eigenvalue weighted by Crippen LogP contribution is 2.26. The van der Waals surface area contributed by atoms with Crippen LogP contribution in [0.15, 0.2) is 48.1 Å². The summed E-state index contributed by atoms with van der Waals surface area (Å²) in [5.41, 5.74) is 2.32. The van der Waals surface area contributed by atoms with Crippen molar-refractivity contribution >= 4 is 23.2 Å². The molecule has 0 N–H and O–H groups in total. The highest BCUT2D eigenvalue weighted by Gasteiger charge is 2.30. The molecule has 2 amide bonds.